The summed E-state index contributed by atoms with van der Waals surface area (Å²) in [6.07, 6.45) is 2.19. The fourth-order valence-electron chi connectivity index (χ4n) is 16.5. The summed E-state index contributed by atoms with van der Waals surface area (Å²) < 4.78 is 197. The van der Waals surface area contributed by atoms with Crippen LogP contribution < -0.4 is 0 Å². The molecule has 0 atom stereocenters. The summed E-state index contributed by atoms with van der Waals surface area (Å²) in [6.45, 7) is 120. The van der Waals surface area contributed by atoms with Crippen molar-refractivity contribution in [3.05, 3.63) is 25.7 Å². The number of carbonyl (C=O) groups is 2. The molecule has 0 N–H and O–H groups in total. The van der Waals surface area contributed by atoms with E-state index in [1.807, 2.05) is 171 Å². The van der Waals surface area contributed by atoms with Crippen molar-refractivity contribution < 1.29 is 136 Å². The van der Waals surface area contributed by atoms with Gasteiger partial charge in [-0.25, -0.2) is 9.59 Å². The predicted molar refractivity (Wildman–Crippen MR) is 569 cm³/mol. The van der Waals surface area contributed by atoms with Crippen molar-refractivity contribution in [3.8, 4) is 0 Å². The molecule has 0 rings (SSSR count). The van der Waals surface area contributed by atoms with Gasteiger partial charge in [-0.1, -0.05) is 33.4 Å². The molecule has 748 valence electrons. The van der Waals surface area contributed by atoms with E-state index in [2.05, 4.69) is 217 Å². The molecule has 0 saturated heterocycles. The minimum atomic E-state index is -2.93. The Morgan fingerprint density at radius 1 is 0.216 bits per heavy atom. The van der Waals surface area contributed by atoms with Crippen molar-refractivity contribution in [2.75, 3.05) is 13.7 Å². The molecule has 0 aliphatic heterocycles. The second-order valence-electron chi connectivity index (χ2n) is 42.7. The van der Waals surface area contributed by atoms with Crippen LogP contribution in [0, 0.1) is 0 Å². The van der Waals surface area contributed by atoms with Crippen LogP contribution in [0.4, 0.5) is 9.59 Å². The second-order valence-corrected chi connectivity index (χ2v) is 140. The Balaban J connectivity index is -0.0000157. The SMILES string of the molecule is C=COC(=O)OC.C=COC(=O)OCCCC[SiH2]O[Si](C)(C)O[Si](C)(C)O[Si](C)(C)O[Si](C)(C)O[Si](C)(C)O[Si](C)(C)O[Si](C)(C)O[Si](C)(C)O[Si](C)(C)O[Si](C)(C)O[Si](C)(C)O[Si](C)(C)O[Si](C)(C)O[Si](C)(C)O[Si](C)(C)O[Si](C)(C)O[Si](C)(C)O[Si](C)(C)O[Si](C)(C)O[Si](C)(C)O[Si](C)(C)O[Si](C)(C)O[Si](C)(C)O[Si](C)(C)O[Si](C)(C)O[Si](C)(C)C.CC. The van der Waals surface area contributed by atoms with E-state index in [-0.39, 0.29) is 0 Å². The molecule has 0 heterocycles. The molecule has 0 unspecified atom stereocenters. The summed E-state index contributed by atoms with van der Waals surface area (Å²) in [5.74, 6) is 0. The Bertz CT molecular complexity index is 3270. The molecule has 0 radical (unpaired) electrons. The zero-order valence-electron chi connectivity index (χ0n) is 89.2. The Kier molecular flexibility index (Phi) is 52.0. The lowest BCUT2D eigenvalue weighted by atomic mass is 10.4. The van der Waals surface area contributed by atoms with E-state index >= 15 is 0 Å². The summed E-state index contributed by atoms with van der Waals surface area (Å²) >= 11 is 0. The topological polar surface area (TPSA) is 311 Å². The molecule has 0 aliphatic rings. The lowest BCUT2D eigenvalue weighted by molar-refractivity contribution is 0.0837. The average Bonchev–Trinajstić information content (AvgIpc) is 0.794. The van der Waals surface area contributed by atoms with Crippen LogP contribution in [-0.2, 0) is 126 Å². The van der Waals surface area contributed by atoms with E-state index in [0.717, 1.165) is 31.4 Å². The van der Waals surface area contributed by atoms with Gasteiger partial charge in [0, 0.05) is 0 Å². The third kappa shape index (κ3) is 66.9. The van der Waals surface area contributed by atoms with Gasteiger partial charge in [0.05, 0.1) is 26.2 Å². The van der Waals surface area contributed by atoms with Crippen molar-refractivity contribution >= 4 is 244 Å². The van der Waals surface area contributed by atoms with Crippen molar-refractivity contribution in [1.82, 2.24) is 0 Å². The number of ether oxygens (including phenoxy) is 4. The highest BCUT2D eigenvalue weighted by molar-refractivity contribution is 6.98. The van der Waals surface area contributed by atoms with E-state index in [1.54, 1.807) is 0 Å². The van der Waals surface area contributed by atoms with E-state index in [9.17, 15) is 9.59 Å². The molecule has 125 heavy (non-hydrogen) atoms. The molecule has 0 spiro atoms. The van der Waals surface area contributed by atoms with Gasteiger partial charge in [-0.2, -0.15) is 0 Å². The smallest absolute Gasteiger partial charge is 0.442 e. The summed E-state index contributed by atoms with van der Waals surface area (Å²) in [5.41, 5.74) is 0. The predicted octanol–water partition coefficient (Wildman–Crippen LogP) is 22.3. The van der Waals surface area contributed by atoms with E-state index in [4.69, 9.17) is 112 Å². The van der Waals surface area contributed by atoms with Gasteiger partial charge < -0.3 is 126 Å². The van der Waals surface area contributed by atoms with Crippen LogP contribution in [0.1, 0.15) is 26.7 Å². The molecule has 32 nitrogen and oxygen atoms in total. The minimum Gasteiger partial charge on any atom is -0.442 e. The summed E-state index contributed by atoms with van der Waals surface area (Å²) in [5, 5.41) is 0. The van der Waals surface area contributed by atoms with Crippen LogP contribution in [-0.4, -0.2) is 258 Å². The van der Waals surface area contributed by atoms with E-state index in [0.29, 0.717) is 6.61 Å². The Morgan fingerprint density at radius 2 is 0.352 bits per heavy atom. The van der Waals surface area contributed by atoms with Crippen molar-refractivity contribution in [1.29, 1.82) is 0 Å². The maximum Gasteiger partial charge on any atom is 0.513 e. The fourth-order valence-corrected chi connectivity index (χ4v) is 153. The molecule has 0 saturated carbocycles. The standard InChI is InChI=1S/C60H172O29Si27.C4H6O3.C2H6/c1-55-62-60(61)63-58-56-57-59-90-64-92(5,6)66-94(9,10)68-96(13,14)70-98(17,18)72-100(21,22)74-102(25,26)76-104(29,30)78-106(33,34)80-108(37,38)82-110(41,42)84-112(45,46)86-114(49,50)88-116(53,54)89-115(51,52)87-113(47,48)85-111(43,44)83-109(39,40)81-107(35,36)79-105(31,32)77-103(27,28)75-101(23,24)73-99(19,20)71-97(15,16)69-95(11,12)67-93(7,8)65-91(2,3)4;1-3-7-4(5)6-2;1-2/h55H,1,56-59,90H2,2-54H3;3H,1H2,2H3;1-2H3. The lowest BCUT2D eigenvalue weighted by Gasteiger charge is -2.45. The fraction of sp³-hybridized carbons (Fsp3) is 0.909. The molecule has 0 bridgehead atoms. The largest absolute Gasteiger partial charge is 0.513 e. The van der Waals surface area contributed by atoms with Crippen LogP contribution in [0.5, 0.6) is 0 Å². The Morgan fingerprint density at radius 3 is 0.480 bits per heavy atom. The van der Waals surface area contributed by atoms with Crippen LogP contribution >= 0.6 is 0 Å². The molecule has 0 aliphatic carbocycles. The third-order valence-electron chi connectivity index (χ3n) is 14.3. The molecule has 0 fully saturated rings. The number of hydrogen-bond donors (Lipinski definition) is 0. The average molecular weight is 2250 g/mol. The zero-order valence-corrected chi connectivity index (χ0v) is 117. The van der Waals surface area contributed by atoms with Gasteiger partial charge in [-0.05, 0) is 359 Å². The van der Waals surface area contributed by atoms with Gasteiger partial charge in [0.1, 0.15) is 9.76 Å². The van der Waals surface area contributed by atoms with Crippen LogP contribution in [0.2, 0.25) is 353 Å². The van der Waals surface area contributed by atoms with E-state index < -0.39 is 244 Å². The van der Waals surface area contributed by atoms with Crippen LogP contribution in [0.25, 0.3) is 0 Å². The zero-order chi connectivity index (χ0) is 100. The van der Waals surface area contributed by atoms with Gasteiger partial charge in [-0.15, -0.1) is 0 Å². The van der Waals surface area contributed by atoms with Gasteiger partial charge >= 0.3 is 226 Å². The number of rotatable bonds is 59. The number of unbranched alkanes of at least 4 members (excludes halogenated alkanes) is 1. The van der Waals surface area contributed by atoms with Crippen molar-refractivity contribution in [3.63, 3.8) is 0 Å². The first kappa shape index (κ1) is 132. The number of hydrogen-bond acceptors (Lipinski definition) is 32. The van der Waals surface area contributed by atoms with Crippen molar-refractivity contribution in [2.24, 2.45) is 0 Å². The van der Waals surface area contributed by atoms with Crippen molar-refractivity contribution in [2.45, 2.75) is 380 Å². The van der Waals surface area contributed by atoms with Gasteiger partial charge in [0.25, 0.3) is 0 Å². The first-order valence-electron chi connectivity index (χ1n) is 43.4. The molecule has 0 amide bonds. The molecule has 0 aromatic heterocycles. The molecular formula is C66H184O32Si27. The summed E-state index contributed by atoms with van der Waals surface area (Å²) in [6, 6.07) is 0.935. The first-order chi connectivity index (χ1) is 54.4. The second kappa shape index (κ2) is 49.3. The minimum absolute atomic E-state index is 0.290. The normalized spacial score (nSPS) is 15.1. The van der Waals surface area contributed by atoms with E-state index in [1.165, 1.54) is 7.11 Å². The monoisotopic (exact) mass is 2240 g/mol. The molecule has 0 aromatic carbocycles. The summed E-state index contributed by atoms with van der Waals surface area (Å²) in [4.78, 5) is 21.3. The molecular weight excluding hydrogens is 2060 g/mol. The maximum absolute atomic E-state index is 11.4. The Hall–Kier alpha value is 2.84. The Labute approximate surface area is 792 Å². The van der Waals surface area contributed by atoms with Gasteiger partial charge in [0.15, 0.2) is 8.32 Å². The van der Waals surface area contributed by atoms with Crippen LogP contribution in [0.3, 0.4) is 0 Å². The highest BCUT2D eigenvalue weighted by Gasteiger charge is 2.57. The maximum atomic E-state index is 11.4. The summed E-state index contributed by atoms with van der Waals surface area (Å²) in [7, 11) is -72.3. The number of methoxy groups -OCH3 is 1. The lowest BCUT2D eigenvalue weighted by Crippen LogP contribution is -2.63. The molecule has 59 heteroatoms. The van der Waals surface area contributed by atoms with Gasteiger partial charge in [0.2, 0.25) is 0 Å². The highest BCUT2D eigenvalue weighted by atomic mass is 28.6. The number of carbonyl (C=O) groups excluding carboxylic acids is 2. The first-order valence-corrected chi connectivity index (χ1v) is 119. The molecule has 0 aromatic rings. The highest BCUT2D eigenvalue weighted by Crippen LogP contribution is 2.37. The quantitative estimate of drug-likeness (QED) is 0.0236. The van der Waals surface area contributed by atoms with Crippen LogP contribution in [0.15, 0.2) is 25.7 Å². The third-order valence-corrected chi connectivity index (χ3v) is 118. The van der Waals surface area contributed by atoms with Gasteiger partial charge in [-0.3, -0.25) is 0 Å².